The van der Waals surface area contributed by atoms with E-state index in [-0.39, 0.29) is 12.4 Å². The molecule has 0 unspecified atom stereocenters. The van der Waals surface area contributed by atoms with Gasteiger partial charge in [-0.1, -0.05) is 26.0 Å². The van der Waals surface area contributed by atoms with Crippen molar-refractivity contribution in [3.8, 4) is 5.75 Å². The number of amides is 1. The standard InChI is InChI=1S/C13H14F3NO3/c1-12(2)7-19-11(18)17-10(12)8-4-3-5-9(6-8)20-13(14,15)16/h3-6,10H,7H2,1-2H3,(H,17,18)/t10-/m0/s1. The lowest BCUT2D eigenvalue weighted by molar-refractivity contribution is -0.274. The first-order valence-corrected chi connectivity index (χ1v) is 5.96. The first-order valence-electron chi connectivity index (χ1n) is 5.96. The van der Waals surface area contributed by atoms with E-state index in [1.54, 1.807) is 6.07 Å². The highest BCUT2D eigenvalue weighted by Gasteiger charge is 2.38. The van der Waals surface area contributed by atoms with E-state index in [4.69, 9.17) is 4.74 Å². The maximum Gasteiger partial charge on any atom is 0.573 e. The number of carbonyl (C=O) groups is 1. The maximum atomic E-state index is 12.2. The number of cyclic esters (lactones) is 1. The number of hydrogen-bond donors (Lipinski definition) is 1. The Morgan fingerprint density at radius 2 is 2.10 bits per heavy atom. The molecule has 1 amide bonds. The van der Waals surface area contributed by atoms with E-state index in [2.05, 4.69) is 10.1 Å². The number of alkyl halides is 3. The minimum absolute atomic E-state index is 0.188. The number of ether oxygens (including phenoxy) is 2. The zero-order valence-corrected chi connectivity index (χ0v) is 11.0. The van der Waals surface area contributed by atoms with Crippen LogP contribution in [0.3, 0.4) is 0 Å². The van der Waals surface area contributed by atoms with Gasteiger partial charge < -0.3 is 14.8 Å². The van der Waals surface area contributed by atoms with Gasteiger partial charge in [0, 0.05) is 5.41 Å². The lowest BCUT2D eigenvalue weighted by atomic mass is 9.80. The monoisotopic (exact) mass is 289 g/mol. The average Bonchev–Trinajstić information content (AvgIpc) is 2.30. The predicted molar refractivity (Wildman–Crippen MR) is 64.1 cm³/mol. The van der Waals surface area contributed by atoms with Crippen molar-refractivity contribution >= 4 is 6.09 Å². The van der Waals surface area contributed by atoms with E-state index >= 15 is 0 Å². The van der Waals surface area contributed by atoms with E-state index in [0.717, 1.165) is 0 Å². The number of halogens is 3. The van der Waals surface area contributed by atoms with E-state index in [1.807, 2.05) is 13.8 Å². The first kappa shape index (κ1) is 14.5. The summed E-state index contributed by atoms with van der Waals surface area (Å²) in [5.74, 6) is -0.313. The molecule has 1 fully saturated rings. The highest BCUT2D eigenvalue weighted by molar-refractivity contribution is 5.69. The van der Waals surface area contributed by atoms with Gasteiger partial charge in [0.15, 0.2) is 0 Å². The van der Waals surface area contributed by atoms with Crippen LogP contribution < -0.4 is 10.1 Å². The van der Waals surface area contributed by atoms with E-state index in [9.17, 15) is 18.0 Å². The fourth-order valence-electron chi connectivity index (χ4n) is 2.12. The number of carbonyl (C=O) groups excluding carboxylic acids is 1. The summed E-state index contributed by atoms with van der Waals surface area (Å²) in [4.78, 5) is 11.3. The zero-order valence-electron chi connectivity index (χ0n) is 11.0. The Morgan fingerprint density at radius 3 is 2.75 bits per heavy atom. The fraction of sp³-hybridized carbons (Fsp3) is 0.462. The van der Waals surface area contributed by atoms with Crippen molar-refractivity contribution in [3.05, 3.63) is 29.8 Å². The molecule has 1 aliphatic rings. The number of nitrogens with one attached hydrogen (secondary N) is 1. The number of benzene rings is 1. The van der Waals surface area contributed by atoms with Crippen molar-refractivity contribution < 1.29 is 27.4 Å². The van der Waals surface area contributed by atoms with Crippen LogP contribution in [-0.2, 0) is 4.74 Å². The van der Waals surface area contributed by atoms with Gasteiger partial charge in [-0.05, 0) is 17.7 Å². The van der Waals surface area contributed by atoms with E-state index in [0.29, 0.717) is 5.56 Å². The summed E-state index contributed by atoms with van der Waals surface area (Å²) in [5.41, 5.74) is 0.0958. The summed E-state index contributed by atoms with van der Waals surface area (Å²) in [7, 11) is 0. The molecule has 110 valence electrons. The van der Waals surface area contributed by atoms with Crippen molar-refractivity contribution in [3.63, 3.8) is 0 Å². The van der Waals surface area contributed by atoms with Gasteiger partial charge in [0.2, 0.25) is 0 Å². The molecule has 1 aliphatic heterocycles. The molecule has 1 atom stereocenters. The smallest absolute Gasteiger partial charge is 0.449 e. The van der Waals surface area contributed by atoms with Gasteiger partial charge in [0.1, 0.15) is 12.4 Å². The highest BCUT2D eigenvalue weighted by atomic mass is 19.4. The van der Waals surface area contributed by atoms with Gasteiger partial charge in [-0.2, -0.15) is 0 Å². The van der Waals surface area contributed by atoms with Crippen LogP contribution >= 0.6 is 0 Å². The predicted octanol–water partition coefficient (Wildman–Crippen LogP) is 3.39. The molecule has 7 heteroatoms. The quantitative estimate of drug-likeness (QED) is 0.907. The minimum atomic E-state index is -4.74. The number of alkyl carbamates (subject to hydrolysis) is 1. The summed E-state index contributed by atoms with van der Waals surface area (Å²) in [5, 5.41) is 2.62. The summed E-state index contributed by atoms with van der Waals surface area (Å²) >= 11 is 0. The van der Waals surface area contributed by atoms with Gasteiger partial charge in [-0.25, -0.2) is 4.79 Å². The first-order chi connectivity index (χ1) is 9.17. The molecule has 1 heterocycles. The van der Waals surface area contributed by atoms with Gasteiger partial charge >= 0.3 is 12.5 Å². The summed E-state index contributed by atoms with van der Waals surface area (Å²) in [6.45, 7) is 3.90. The van der Waals surface area contributed by atoms with Crippen LogP contribution in [0.4, 0.5) is 18.0 Å². The van der Waals surface area contributed by atoms with Crippen LogP contribution in [0.25, 0.3) is 0 Å². The molecule has 4 nitrogen and oxygen atoms in total. The molecule has 0 aliphatic carbocycles. The molecule has 1 N–H and O–H groups in total. The van der Waals surface area contributed by atoms with Crippen molar-refractivity contribution in [1.82, 2.24) is 5.32 Å². The number of hydrogen-bond acceptors (Lipinski definition) is 3. The van der Waals surface area contributed by atoms with Gasteiger partial charge in [-0.15, -0.1) is 13.2 Å². The Morgan fingerprint density at radius 1 is 1.40 bits per heavy atom. The Balaban J connectivity index is 2.27. The largest absolute Gasteiger partial charge is 0.573 e. The van der Waals surface area contributed by atoms with Gasteiger partial charge in [-0.3, -0.25) is 0 Å². The lowest BCUT2D eigenvalue weighted by Gasteiger charge is -2.38. The van der Waals surface area contributed by atoms with E-state index in [1.165, 1.54) is 18.2 Å². The Labute approximate surface area is 113 Å². The Kier molecular flexibility index (Phi) is 3.54. The topological polar surface area (TPSA) is 47.6 Å². The second-order valence-electron chi connectivity index (χ2n) is 5.26. The lowest BCUT2D eigenvalue weighted by Crippen LogP contribution is -2.46. The second kappa shape index (κ2) is 4.88. The van der Waals surface area contributed by atoms with Crippen LogP contribution in [-0.4, -0.2) is 19.1 Å². The molecule has 0 spiro atoms. The van der Waals surface area contributed by atoms with Crippen molar-refractivity contribution in [2.45, 2.75) is 26.3 Å². The molecule has 1 aromatic rings. The third-order valence-corrected chi connectivity index (χ3v) is 3.04. The molecule has 0 radical (unpaired) electrons. The van der Waals surface area contributed by atoms with Crippen molar-refractivity contribution in [1.29, 1.82) is 0 Å². The van der Waals surface area contributed by atoms with Crippen molar-refractivity contribution in [2.24, 2.45) is 5.41 Å². The molecule has 1 aromatic carbocycles. The van der Waals surface area contributed by atoms with Crippen LogP contribution in [0.2, 0.25) is 0 Å². The van der Waals surface area contributed by atoms with E-state index < -0.39 is 23.9 Å². The van der Waals surface area contributed by atoms with Crippen molar-refractivity contribution in [2.75, 3.05) is 6.61 Å². The number of rotatable bonds is 2. The normalized spacial score (nSPS) is 21.9. The second-order valence-corrected chi connectivity index (χ2v) is 5.26. The molecule has 20 heavy (non-hydrogen) atoms. The molecule has 2 rings (SSSR count). The van der Waals surface area contributed by atoms with Crippen LogP contribution in [0.15, 0.2) is 24.3 Å². The Bertz CT molecular complexity index is 514. The summed E-state index contributed by atoms with van der Waals surface area (Å²) in [6.07, 6.45) is -5.33. The minimum Gasteiger partial charge on any atom is -0.449 e. The summed E-state index contributed by atoms with van der Waals surface area (Å²) < 4.78 is 45.4. The average molecular weight is 289 g/mol. The fourth-order valence-corrected chi connectivity index (χ4v) is 2.12. The zero-order chi connectivity index (χ0) is 15.0. The van der Waals surface area contributed by atoms with Crippen LogP contribution in [0, 0.1) is 5.41 Å². The highest BCUT2D eigenvalue weighted by Crippen LogP contribution is 2.37. The Hall–Kier alpha value is -1.92. The van der Waals surface area contributed by atoms with Gasteiger partial charge in [0.25, 0.3) is 0 Å². The molecule has 0 bridgehead atoms. The molecule has 1 saturated heterocycles. The third-order valence-electron chi connectivity index (χ3n) is 3.04. The SMILES string of the molecule is CC1(C)COC(=O)N[C@H]1c1cccc(OC(F)(F)F)c1. The third kappa shape index (κ3) is 3.34. The molecule has 0 aromatic heterocycles. The van der Waals surface area contributed by atoms with Crippen LogP contribution in [0.5, 0.6) is 5.75 Å². The van der Waals surface area contributed by atoms with Gasteiger partial charge in [0.05, 0.1) is 6.04 Å². The molecule has 0 saturated carbocycles. The summed E-state index contributed by atoms with van der Waals surface area (Å²) in [6, 6.07) is 5.13. The molecular formula is C13H14F3NO3. The van der Waals surface area contributed by atoms with Crippen LogP contribution in [0.1, 0.15) is 25.5 Å². The maximum absolute atomic E-state index is 12.2. The molecular weight excluding hydrogens is 275 g/mol.